The van der Waals surface area contributed by atoms with Crippen molar-refractivity contribution in [3.05, 3.63) is 34.9 Å². The van der Waals surface area contributed by atoms with Gasteiger partial charge in [-0.2, -0.15) is 0 Å². The second kappa shape index (κ2) is 5.45. The van der Waals surface area contributed by atoms with E-state index in [0.29, 0.717) is 18.4 Å². The molecule has 0 aliphatic rings. The first kappa shape index (κ1) is 12.4. The van der Waals surface area contributed by atoms with E-state index in [1.165, 1.54) is 14.0 Å². The average Bonchev–Trinajstić information content (AvgIpc) is 2.27. The van der Waals surface area contributed by atoms with Crippen molar-refractivity contribution in [3.8, 4) is 0 Å². The molecular formula is C13H16O3. The molecule has 0 spiro atoms. The van der Waals surface area contributed by atoms with Gasteiger partial charge < -0.3 is 4.74 Å². The van der Waals surface area contributed by atoms with Crippen LogP contribution >= 0.6 is 0 Å². The van der Waals surface area contributed by atoms with Crippen LogP contribution in [0.3, 0.4) is 0 Å². The SMILES string of the molecule is COC(=O)CCc1cc(C(C)=O)ccc1C. The van der Waals surface area contributed by atoms with Crippen molar-refractivity contribution in [3.63, 3.8) is 0 Å². The lowest BCUT2D eigenvalue weighted by atomic mass is 9.99. The van der Waals surface area contributed by atoms with Crippen molar-refractivity contribution in [2.75, 3.05) is 7.11 Å². The van der Waals surface area contributed by atoms with E-state index in [0.717, 1.165) is 11.1 Å². The molecule has 3 nitrogen and oxygen atoms in total. The standard InChI is InChI=1S/C13H16O3/c1-9-4-5-12(10(2)14)8-11(9)6-7-13(15)16-3/h4-5,8H,6-7H2,1-3H3. The summed E-state index contributed by atoms with van der Waals surface area (Å²) >= 11 is 0. The summed E-state index contributed by atoms with van der Waals surface area (Å²) in [6.45, 7) is 3.51. The van der Waals surface area contributed by atoms with Crippen molar-refractivity contribution in [1.29, 1.82) is 0 Å². The molecule has 0 unspecified atom stereocenters. The quantitative estimate of drug-likeness (QED) is 0.577. The summed E-state index contributed by atoms with van der Waals surface area (Å²) in [6.07, 6.45) is 0.957. The van der Waals surface area contributed by atoms with E-state index in [1.807, 2.05) is 19.1 Å². The maximum absolute atomic E-state index is 11.2. The summed E-state index contributed by atoms with van der Waals surface area (Å²) in [5.41, 5.74) is 2.80. The normalized spacial score (nSPS) is 9.94. The third-order valence-corrected chi connectivity index (χ3v) is 2.58. The lowest BCUT2D eigenvalue weighted by molar-refractivity contribution is -0.140. The number of methoxy groups -OCH3 is 1. The number of carbonyl (C=O) groups excluding carboxylic acids is 2. The number of benzene rings is 1. The molecule has 0 aromatic heterocycles. The molecule has 1 aromatic carbocycles. The summed E-state index contributed by atoms with van der Waals surface area (Å²) in [6, 6.07) is 5.56. The lowest BCUT2D eigenvalue weighted by Crippen LogP contribution is -2.04. The van der Waals surface area contributed by atoms with Gasteiger partial charge in [0.15, 0.2) is 5.78 Å². The van der Waals surface area contributed by atoms with Gasteiger partial charge in [0.25, 0.3) is 0 Å². The van der Waals surface area contributed by atoms with Gasteiger partial charge in [-0.05, 0) is 37.5 Å². The van der Waals surface area contributed by atoms with Crippen LogP contribution in [-0.4, -0.2) is 18.9 Å². The molecule has 1 aromatic rings. The smallest absolute Gasteiger partial charge is 0.305 e. The van der Waals surface area contributed by atoms with E-state index >= 15 is 0 Å². The van der Waals surface area contributed by atoms with Crippen LogP contribution in [0, 0.1) is 6.92 Å². The highest BCUT2D eigenvalue weighted by molar-refractivity contribution is 5.94. The Kier molecular flexibility index (Phi) is 4.23. The molecule has 0 fully saturated rings. The highest BCUT2D eigenvalue weighted by atomic mass is 16.5. The van der Waals surface area contributed by atoms with Crippen molar-refractivity contribution in [2.24, 2.45) is 0 Å². The maximum atomic E-state index is 11.2. The Morgan fingerprint density at radius 3 is 2.56 bits per heavy atom. The predicted molar refractivity (Wildman–Crippen MR) is 61.5 cm³/mol. The van der Waals surface area contributed by atoms with E-state index in [2.05, 4.69) is 4.74 Å². The zero-order chi connectivity index (χ0) is 12.1. The van der Waals surface area contributed by atoms with Crippen molar-refractivity contribution in [1.82, 2.24) is 0 Å². The summed E-state index contributed by atoms with van der Waals surface area (Å²) < 4.78 is 4.58. The number of rotatable bonds is 4. The summed E-state index contributed by atoms with van der Waals surface area (Å²) in [5.74, 6) is -0.188. The van der Waals surface area contributed by atoms with Gasteiger partial charge in [0.05, 0.1) is 7.11 Å². The molecule has 1 rings (SSSR count). The fraction of sp³-hybridized carbons (Fsp3) is 0.385. The van der Waals surface area contributed by atoms with Crippen LogP contribution in [0.25, 0.3) is 0 Å². The van der Waals surface area contributed by atoms with E-state index in [1.54, 1.807) is 6.07 Å². The minimum Gasteiger partial charge on any atom is -0.469 e. The number of aryl methyl sites for hydroxylation is 2. The highest BCUT2D eigenvalue weighted by Crippen LogP contribution is 2.14. The molecule has 0 radical (unpaired) electrons. The Labute approximate surface area is 95.4 Å². The fourth-order valence-electron chi connectivity index (χ4n) is 1.50. The number of ether oxygens (including phenoxy) is 1. The van der Waals surface area contributed by atoms with Gasteiger partial charge in [0.1, 0.15) is 0 Å². The number of carbonyl (C=O) groups is 2. The van der Waals surface area contributed by atoms with Crippen LogP contribution in [-0.2, 0) is 16.0 Å². The molecule has 0 aliphatic heterocycles. The van der Waals surface area contributed by atoms with Crippen LogP contribution in [0.2, 0.25) is 0 Å². The molecule has 0 N–H and O–H groups in total. The van der Waals surface area contributed by atoms with Crippen molar-refractivity contribution in [2.45, 2.75) is 26.7 Å². The molecule has 0 saturated heterocycles. The number of Topliss-reactive ketones (excluding diaryl/α,β-unsaturated/α-hetero) is 1. The van der Waals surface area contributed by atoms with Crippen LogP contribution in [0.5, 0.6) is 0 Å². The molecule has 0 saturated carbocycles. The van der Waals surface area contributed by atoms with Gasteiger partial charge in [0.2, 0.25) is 0 Å². The number of esters is 1. The number of hydrogen-bond acceptors (Lipinski definition) is 3. The highest BCUT2D eigenvalue weighted by Gasteiger charge is 2.06. The van der Waals surface area contributed by atoms with Gasteiger partial charge in [0, 0.05) is 12.0 Å². The van der Waals surface area contributed by atoms with Gasteiger partial charge in [-0.25, -0.2) is 0 Å². The van der Waals surface area contributed by atoms with Crippen LogP contribution in [0.4, 0.5) is 0 Å². The zero-order valence-corrected chi connectivity index (χ0v) is 9.87. The third-order valence-electron chi connectivity index (χ3n) is 2.58. The van der Waals surface area contributed by atoms with E-state index in [-0.39, 0.29) is 11.8 Å². The van der Waals surface area contributed by atoms with Gasteiger partial charge in [-0.3, -0.25) is 9.59 Å². The van der Waals surface area contributed by atoms with Gasteiger partial charge >= 0.3 is 5.97 Å². The van der Waals surface area contributed by atoms with Crippen LogP contribution in [0.15, 0.2) is 18.2 Å². The molecular weight excluding hydrogens is 204 g/mol. The molecule has 0 aliphatic carbocycles. The fourth-order valence-corrected chi connectivity index (χ4v) is 1.50. The topological polar surface area (TPSA) is 43.4 Å². The summed E-state index contributed by atoms with van der Waals surface area (Å²) in [7, 11) is 1.38. The van der Waals surface area contributed by atoms with Crippen LogP contribution < -0.4 is 0 Å². The second-order valence-electron chi connectivity index (χ2n) is 3.77. The summed E-state index contributed by atoms with van der Waals surface area (Å²) in [5, 5.41) is 0. The number of ketones is 1. The second-order valence-corrected chi connectivity index (χ2v) is 3.77. The molecule has 86 valence electrons. The molecule has 0 amide bonds. The molecule has 0 bridgehead atoms. The molecule has 3 heteroatoms. The minimum absolute atomic E-state index is 0.0410. The molecule has 0 heterocycles. The lowest BCUT2D eigenvalue weighted by Gasteiger charge is -2.06. The molecule has 16 heavy (non-hydrogen) atoms. The van der Waals surface area contributed by atoms with Crippen LogP contribution in [0.1, 0.15) is 34.8 Å². The largest absolute Gasteiger partial charge is 0.469 e. The van der Waals surface area contributed by atoms with Crippen molar-refractivity contribution < 1.29 is 14.3 Å². The van der Waals surface area contributed by atoms with Gasteiger partial charge in [-0.15, -0.1) is 0 Å². The minimum atomic E-state index is -0.229. The first-order chi connectivity index (χ1) is 7.54. The molecule has 0 atom stereocenters. The van der Waals surface area contributed by atoms with Crippen molar-refractivity contribution >= 4 is 11.8 Å². The van der Waals surface area contributed by atoms with E-state index < -0.39 is 0 Å². The maximum Gasteiger partial charge on any atom is 0.305 e. The Morgan fingerprint density at radius 1 is 1.31 bits per heavy atom. The first-order valence-electron chi connectivity index (χ1n) is 5.22. The Morgan fingerprint density at radius 2 is 2.00 bits per heavy atom. The zero-order valence-electron chi connectivity index (χ0n) is 9.87. The third kappa shape index (κ3) is 3.19. The van der Waals surface area contributed by atoms with E-state index in [9.17, 15) is 9.59 Å². The average molecular weight is 220 g/mol. The Bertz CT molecular complexity index is 408. The monoisotopic (exact) mass is 220 g/mol. The van der Waals surface area contributed by atoms with E-state index in [4.69, 9.17) is 0 Å². The Balaban J connectivity index is 2.82. The summed E-state index contributed by atoms with van der Waals surface area (Å²) in [4.78, 5) is 22.2. The predicted octanol–water partition coefficient (Wildman–Crippen LogP) is 2.30. The number of hydrogen-bond donors (Lipinski definition) is 0. The van der Waals surface area contributed by atoms with Gasteiger partial charge in [-0.1, -0.05) is 12.1 Å². The Hall–Kier alpha value is -1.64. The first-order valence-corrected chi connectivity index (χ1v) is 5.22.